The number of rotatable bonds is 6. The van der Waals surface area contributed by atoms with Crippen molar-refractivity contribution in [3.05, 3.63) is 95.6 Å². The van der Waals surface area contributed by atoms with Gasteiger partial charge in [0.2, 0.25) is 5.78 Å². The van der Waals surface area contributed by atoms with Crippen LogP contribution in [0.5, 0.6) is 0 Å². The molecule has 1 N–H and O–H groups in total. The molecular weight excluding hydrogens is 482 g/mol. The lowest BCUT2D eigenvalue weighted by molar-refractivity contribution is -0.146. The summed E-state index contributed by atoms with van der Waals surface area (Å²) >= 11 is 0. The predicted molar refractivity (Wildman–Crippen MR) is 140 cm³/mol. The zero-order valence-electron chi connectivity index (χ0n) is 20.8. The fourth-order valence-corrected chi connectivity index (χ4v) is 5.74. The highest BCUT2D eigenvalue weighted by atomic mass is 16.5. The number of benzene rings is 3. The van der Waals surface area contributed by atoms with Crippen molar-refractivity contribution in [1.82, 2.24) is 14.8 Å². The van der Waals surface area contributed by atoms with Gasteiger partial charge in [0.1, 0.15) is 12.1 Å². The summed E-state index contributed by atoms with van der Waals surface area (Å²) in [6.07, 6.45) is 1.09. The number of nitrogens with one attached hydrogen (secondary N) is 1. The van der Waals surface area contributed by atoms with E-state index in [1.54, 1.807) is 0 Å². The van der Waals surface area contributed by atoms with Crippen molar-refractivity contribution in [3.63, 3.8) is 0 Å². The Bertz CT molecular complexity index is 1620. The first-order valence-corrected chi connectivity index (χ1v) is 12.4. The normalized spacial score (nSPS) is 18.2. The van der Waals surface area contributed by atoms with Crippen LogP contribution in [-0.2, 0) is 33.3 Å². The Morgan fingerprint density at radius 3 is 2.47 bits per heavy atom. The van der Waals surface area contributed by atoms with E-state index in [2.05, 4.69) is 5.32 Å². The number of imide groups is 1. The Morgan fingerprint density at radius 2 is 1.66 bits per heavy atom. The van der Waals surface area contributed by atoms with Crippen LogP contribution in [0, 0.1) is 0 Å². The number of hydrogen-bond donors (Lipinski definition) is 1. The Morgan fingerprint density at radius 1 is 0.947 bits per heavy atom. The van der Waals surface area contributed by atoms with Gasteiger partial charge >= 0.3 is 12.0 Å². The molecule has 1 aliphatic heterocycles. The molecule has 1 atom stereocenters. The summed E-state index contributed by atoms with van der Waals surface area (Å²) in [5.74, 6) is -1.67. The van der Waals surface area contributed by atoms with Crippen molar-refractivity contribution in [2.75, 3.05) is 13.2 Å². The molecule has 1 saturated heterocycles. The number of aromatic nitrogens is 1. The maximum Gasteiger partial charge on any atom is 0.326 e. The van der Waals surface area contributed by atoms with E-state index in [9.17, 15) is 19.2 Å². The number of carbonyl (C=O) groups is 4. The van der Waals surface area contributed by atoms with Crippen LogP contribution < -0.4 is 5.32 Å². The van der Waals surface area contributed by atoms with Gasteiger partial charge in [0.05, 0.1) is 11.3 Å². The van der Waals surface area contributed by atoms with Gasteiger partial charge in [-0.05, 0) is 35.6 Å². The molecule has 1 aliphatic carbocycles. The summed E-state index contributed by atoms with van der Waals surface area (Å²) in [4.78, 5) is 53.1. The van der Waals surface area contributed by atoms with Crippen LogP contribution in [0.3, 0.4) is 0 Å². The molecule has 2 aliphatic rings. The van der Waals surface area contributed by atoms with E-state index in [1.807, 2.05) is 90.5 Å². The number of aryl methyl sites for hydroxylation is 2. The van der Waals surface area contributed by atoms with Gasteiger partial charge in [-0.1, -0.05) is 72.8 Å². The first-order valence-electron chi connectivity index (χ1n) is 12.4. The Labute approximate surface area is 218 Å². The number of fused-ring (bicyclic) bond motifs is 3. The summed E-state index contributed by atoms with van der Waals surface area (Å²) in [7, 11) is 1.89. The lowest BCUT2D eigenvalue weighted by atomic mass is 9.92. The molecule has 0 saturated carbocycles. The fourth-order valence-electron chi connectivity index (χ4n) is 5.74. The van der Waals surface area contributed by atoms with Crippen LogP contribution in [0.2, 0.25) is 0 Å². The van der Waals surface area contributed by atoms with E-state index < -0.39 is 36.6 Å². The van der Waals surface area contributed by atoms with Crippen molar-refractivity contribution in [2.45, 2.75) is 18.4 Å². The number of para-hydroxylation sites is 1. The fraction of sp³-hybridized carbons (Fsp3) is 0.200. The summed E-state index contributed by atoms with van der Waals surface area (Å²) in [5.41, 5.74) is 3.53. The van der Waals surface area contributed by atoms with Gasteiger partial charge in [0.15, 0.2) is 6.61 Å². The van der Waals surface area contributed by atoms with Crippen LogP contribution in [-0.4, -0.2) is 46.3 Å². The van der Waals surface area contributed by atoms with E-state index >= 15 is 0 Å². The standard InChI is InChI=1S/C30H25N3O5/c1-32-23-14-8-6-12-21(23)26(27(32)20-10-3-2-4-11-20)24(34)18-38-25(35)17-33-28(36)30(31-29(33)37)16-15-19-9-5-7-13-22(19)30/h2-14H,15-18H2,1H3,(H,31,37)/t30-/m1/s1. The third kappa shape index (κ3) is 3.60. The molecule has 3 amide bonds. The van der Waals surface area contributed by atoms with Gasteiger partial charge in [-0.25, -0.2) is 4.79 Å². The summed E-state index contributed by atoms with van der Waals surface area (Å²) < 4.78 is 7.27. The van der Waals surface area contributed by atoms with Gasteiger partial charge in [0.25, 0.3) is 5.91 Å². The zero-order valence-corrected chi connectivity index (χ0v) is 20.8. The molecule has 0 bridgehead atoms. The van der Waals surface area contributed by atoms with Crippen LogP contribution in [0.4, 0.5) is 4.79 Å². The predicted octanol–water partition coefficient (Wildman–Crippen LogP) is 3.96. The second kappa shape index (κ2) is 8.99. The first-order chi connectivity index (χ1) is 18.4. The first kappa shape index (κ1) is 23.7. The maximum atomic E-state index is 13.4. The number of urea groups is 1. The average Bonchev–Trinajstić information content (AvgIpc) is 3.54. The van der Waals surface area contributed by atoms with Crippen LogP contribution in [0.1, 0.15) is 27.9 Å². The molecule has 0 radical (unpaired) electrons. The number of esters is 1. The molecule has 6 rings (SSSR count). The third-order valence-electron chi connectivity index (χ3n) is 7.51. The molecule has 190 valence electrons. The minimum Gasteiger partial charge on any atom is -0.456 e. The molecule has 38 heavy (non-hydrogen) atoms. The quantitative estimate of drug-likeness (QED) is 0.242. The topological polar surface area (TPSA) is 97.7 Å². The largest absolute Gasteiger partial charge is 0.456 e. The third-order valence-corrected chi connectivity index (χ3v) is 7.51. The van der Waals surface area contributed by atoms with Gasteiger partial charge in [-0.2, -0.15) is 0 Å². The number of nitrogens with zero attached hydrogens (tertiary/aromatic N) is 2. The average molecular weight is 508 g/mol. The Balaban J connectivity index is 1.20. The lowest BCUT2D eigenvalue weighted by Gasteiger charge is -2.22. The van der Waals surface area contributed by atoms with E-state index in [0.29, 0.717) is 18.4 Å². The summed E-state index contributed by atoms with van der Waals surface area (Å²) in [6, 6.07) is 23.9. The van der Waals surface area contributed by atoms with Crippen LogP contribution >= 0.6 is 0 Å². The lowest BCUT2D eigenvalue weighted by Crippen LogP contribution is -2.42. The maximum absolute atomic E-state index is 13.4. The van der Waals surface area contributed by atoms with Crippen molar-refractivity contribution in [3.8, 4) is 11.3 Å². The molecule has 3 aromatic carbocycles. The molecule has 1 fully saturated rings. The number of hydrogen-bond acceptors (Lipinski definition) is 5. The number of amides is 3. The zero-order chi connectivity index (χ0) is 26.4. The second-order valence-corrected chi connectivity index (χ2v) is 9.63. The van der Waals surface area contributed by atoms with Gasteiger partial charge < -0.3 is 14.6 Å². The number of Topliss-reactive ketones (excluding diaryl/α,β-unsaturated/α-hetero) is 1. The van der Waals surface area contributed by atoms with E-state index in [4.69, 9.17) is 4.74 Å². The molecule has 0 unspecified atom stereocenters. The van der Waals surface area contributed by atoms with Crippen LogP contribution in [0.15, 0.2) is 78.9 Å². The SMILES string of the molecule is Cn1c(-c2ccccc2)c(C(=O)COC(=O)CN2C(=O)N[C@@]3(CCc4ccccc43)C2=O)c2ccccc21. The minimum absolute atomic E-state index is 0.368. The summed E-state index contributed by atoms with van der Waals surface area (Å²) in [6.45, 7) is -1.08. The monoisotopic (exact) mass is 507 g/mol. The van der Waals surface area contributed by atoms with Crippen molar-refractivity contribution in [1.29, 1.82) is 0 Å². The van der Waals surface area contributed by atoms with Crippen LogP contribution in [0.25, 0.3) is 22.2 Å². The van der Waals surface area contributed by atoms with Gasteiger partial charge in [0, 0.05) is 18.0 Å². The number of carbonyl (C=O) groups excluding carboxylic acids is 4. The molecule has 8 nitrogen and oxygen atoms in total. The number of ketones is 1. The minimum atomic E-state index is -1.16. The van der Waals surface area contributed by atoms with Crippen molar-refractivity contribution < 1.29 is 23.9 Å². The highest BCUT2D eigenvalue weighted by molar-refractivity contribution is 6.15. The smallest absolute Gasteiger partial charge is 0.326 e. The number of ether oxygens (including phenoxy) is 1. The van der Waals surface area contributed by atoms with E-state index in [0.717, 1.165) is 38.2 Å². The Kier molecular flexibility index (Phi) is 5.60. The summed E-state index contributed by atoms with van der Waals surface area (Å²) in [5, 5.41) is 3.55. The van der Waals surface area contributed by atoms with Gasteiger partial charge in [-0.15, -0.1) is 0 Å². The molecule has 8 heteroatoms. The molecule has 1 spiro atoms. The Hall–Kier alpha value is -4.72. The highest BCUT2D eigenvalue weighted by Crippen LogP contribution is 2.41. The van der Waals surface area contributed by atoms with E-state index in [1.165, 1.54) is 0 Å². The second-order valence-electron chi connectivity index (χ2n) is 9.63. The van der Waals surface area contributed by atoms with Crippen molar-refractivity contribution >= 4 is 34.6 Å². The van der Waals surface area contributed by atoms with Gasteiger partial charge in [-0.3, -0.25) is 19.3 Å². The molecular formula is C30H25N3O5. The molecule has 1 aromatic heterocycles. The van der Waals surface area contributed by atoms with E-state index in [-0.39, 0.29) is 5.78 Å². The highest BCUT2D eigenvalue weighted by Gasteiger charge is 2.55. The molecule has 2 heterocycles. The molecule has 4 aromatic rings. The van der Waals surface area contributed by atoms with Crippen molar-refractivity contribution in [2.24, 2.45) is 7.05 Å².